The number of rotatable bonds is 14. The molecule has 2 atom stereocenters. The van der Waals surface area contributed by atoms with Crippen LogP contribution in [0, 0.1) is 0 Å². The number of nitrogens with one attached hydrogen (secondary N) is 1. The van der Waals surface area contributed by atoms with Gasteiger partial charge in [0.15, 0.2) is 6.23 Å². The molecule has 0 aliphatic carbocycles. The SMILES string of the molecule is COc1ccc(C(CCCC[C@H](O)C(N)Oc2ccc(O)c(NS(C)(=O)=O)c2)c2ccc(OC)cc2)cc1. The summed E-state index contributed by atoms with van der Waals surface area (Å²) in [5.41, 5.74) is 8.35. The lowest BCUT2D eigenvalue weighted by Crippen LogP contribution is -2.39. The number of unbranched alkanes of at least 4 members (excludes halogenated alkanes) is 1. The van der Waals surface area contributed by atoms with Crippen molar-refractivity contribution in [3.63, 3.8) is 0 Å². The lowest BCUT2D eigenvalue weighted by Gasteiger charge is -2.22. The standard InChI is InChI=1S/C28H36N2O7S/c1-35-21-12-8-19(9-13-21)24(20-10-14-22(36-2)15-11-20)6-4-5-7-27(32)28(29)37-23-16-17-26(31)25(18-23)30-38(3,33)34/h8-18,24,27-28,30-32H,4-7,29H2,1-3H3/t27-,28?/m0/s1. The Labute approximate surface area is 224 Å². The predicted molar refractivity (Wildman–Crippen MR) is 147 cm³/mol. The van der Waals surface area contributed by atoms with E-state index in [1.165, 1.54) is 29.3 Å². The van der Waals surface area contributed by atoms with Gasteiger partial charge in [-0.25, -0.2) is 8.42 Å². The molecule has 0 amide bonds. The van der Waals surface area contributed by atoms with E-state index >= 15 is 0 Å². The van der Waals surface area contributed by atoms with E-state index < -0.39 is 22.4 Å². The first-order valence-electron chi connectivity index (χ1n) is 12.3. The molecule has 9 nitrogen and oxygen atoms in total. The fraction of sp³-hybridized carbons (Fsp3) is 0.357. The van der Waals surface area contributed by atoms with Gasteiger partial charge in [0.05, 0.1) is 26.2 Å². The first-order chi connectivity index (χ1) is 18.1. The van der Waals surface area contributed by atoms with Crippen molar-refractivity contribution in [1.29, 1.82) is 0 Å². The maximum atomic E-state index is 11.5. The smallest absolute Gasteiger partial charge is 0.229 e. The van der Waals surface area contributed by atoms with Gasteiger partial charge in [0.1, 0.15) is 29.1 Å². The summed E-state index contributed by atoms with van der Waals surface area (Å²) in [6.07, 6.45) is 1.86. The zero-order chi connectivity index (χ0) is 27.7. The largest absolute Gasteiger partial charge is 0.506 e. The van der Waals surface area contributed by atoms with Crippen LogP contribution in [0.3, 0.4) is 0 Å². The van der Waals surface area contributed by atoms with Crippen molar-refractivity contribution in [1.82, 2.24) is 0 Å². The van der Waals surface area contributed by atoms with Gasteiger partial charge in [-0.15, -0.1) is 0 Å². The van der Waals surface area contributed by atoms with E-state index in [9.17, 15) is 18.6 Å². The van der Waals surface area contributed by atoms with Gasteiger partial charge in [0.2, 0.25) is 10.0 Å². The number of hydrogen-bond donors (Lipinski definition) is 4. The quantitative estimate of drug-likeness (QED) is 0.134. The van der Waals surface area contributed by atoms with Crippen molar-refractivity contribution in [2.45, 2.75) is 43.9 Å². The van der Waals surface area contributed by atoms with Gasteiger partial charge in [0.25, 0.3) is 0 Å². The number of nitrogens with two attached hydrogens (primary N) is 1. The average Bonchev–Trinajstić information content (AvgIpc) is 2.90. The first-order valence-corrected chi connectivity index (χ1v) is 14.2. The predicted octanol–water partition coefficient (Wildman–Crippen LogP) is 4.20. The van der Waals surface area contributed by atoms with E-state index in [1.54, 1.807) is 14.2 Å². The Hall–Kier alpha value is -3.47. The second-order valence-corrected chi connectivity index (χ2v) is 10.8. The van der Waals surface area contributed by atoms with Crippen LogP contribution in [0.15, 0.2) is 66.7 Å². The second kappa shape index (κ2) is 13.4. The molecule has 3 aromatic rings. The molecule has 0 aliphatic heterocycles. The summed E-state index contributed by atoms with van der Waals surface area (Å²) in [7, 11) is -0.306. The fourth-order valence-electron chi connectivity index (χ4n) is 4.17. The van der Waals surface area contributed by atoms with E-state index in [1.807, 2.05) is 24.3 Å². The molecule has 1 unspecified atom stereocenters. The maximum Gasteiger partial charge on any atom is 0.229 e. The number of aromatic hydroxyl groups is 1. The monoisotopic (exact) mass is 544 g/mol. The third-order valence-corrected chi connectivity index (χ3v) is 6.78. The summed E-state index contributed by atoms with van der Waals surface area (Å²) in [6.45, 7) is 0. The summed E-state index contributed by atoms with van der Waals surface area (Å²) in [6, 6.07) is 20.1. The number of hydrogen-bond acceptors (Lipinski definition) is 8. The third-order valence-electron chi connectivity index (χ3n) is 6.19. The minimum absolute atomic E-state index is 0.0326. The Balaban J connectivity index is 1.58. The van der Waals surface area contributed by atoms with Gasteiger partial charge in [-0.3, -0.25) is 10.5 Å². The van der Waals surface area contributed by atoms with Gasteiger partial charge >= 0.3 is 0 Å². The summed E-state index contributed by atoms with van der Waals surface area (Å²) in [4.78, 5) is 0. The van der Waals surface area contributed by atoms with Crippen LogP contribution in [-0.4, -0.2) is 51.4 Å². The fourth-order valence-corrected chi connectivity index (χ4v) is 4.73. The van der Waals surface area contributed by atoms with Crippen LogP contribution >= 0.6 is 0 Å². The molecule has 38 heavy (non-hydrogen) atoms. The minimum Gasteiger partial charge on any atom is -0.506 e. The molecule has 3 aromatic carbocycles. The lowest BCUT2D eigenvalue weighted by atomic mass is 9.86. The molecule has 0 heterocycles. The first kappa shape index (κ1) is 29.1. The molecule has 0 bridgehead atoms. The van der Waals surface area contributed by atoms with Crippen LogP contribution in [0.25, 0.3) is 0 Å². The van der Waals surface area contributed by atoms with Gasteiger partial charge in [-0.05, 0) is 60.4 Å². The normalized spacial score (nSPS) is 13.1. The van der Waals surface area contributed by atoms with Gasteiger partial charge in [-0.2, -0.15) is 0 Å². The molecule has 3 rings (SSSR count). The number of anilines is 1. The van der Waals surface area contributed by atoms with E-state index in [2.05, 4.69) is 29.0 Å². The van der Waals surface area contributed by atoms with Crippen molar-refractivity contribution in [2.24, 2.45) is 5.73 Å². The molecule has 0 saturated carbocycles. The van der Waals surface area contributed by atoms with Gasteiger partial charge in [0, 0.05) is 12.0 Å². The van der Waals surface area contributed by atoms with Crippen LogP contribution in [-0.2, 0) is 10.0 Å². The molecular formula is C28H36N2O7S. The Morgan fingerprint density at radius 3 is 1.84 bits per heavy atom. The van der Waals surface area contributed by atoms with Crippen LogP contribution < -0.4 is 24.7 Å². The topological polar surface area (TPSA) is 140 Å². The van der Waals surface area contributed by atoms with E-state index in [0.29, 0.717) is 6.42 Å². The van der Waals surface area contributed by atoms with Gasteiger partial charge < -0.3 is 24.4 Å². The summed E-state index contributed by atoms with van der Waals surface area (Å²) >= 11 is 0. The molecular weight excluding hydrogens is 508 g/mol. The van der Waals surface area contributed by atoms with E-state index in [4.69, 9.17) is 19.9 Å². The molecule has 10 heteroatoms. The number of aliphatic hydroxyl groups excluding tert-OH is 1. The van der Waals surface area contributed by atoms with Crippen molar-refractivity contribution < 1.29 is 32.8 Å². The number of phenolic OH excluding ortho intramolecular Hbond substituents is 1. The second-order valence-electron chi connectivity index (χ2n) is 9.09. The van der Waals surface area contributed by atoms with E-state index in [-0.39, 0.29) is 23.1 Å². The highest BCUT2D eigenvalue weighted by Gasteiger charge is 2.19. The molecule has 206 valence electrons. The molecule has 0 aromatic heterocycles. The maximum absolute atomic E-state index is 11.5. The number of methoxy groups -OCH3 is 2. The molecule has 0 saturated heterocycles. The number of sulfonamides is 1. The average molecular weight is 545 g/mol. The van der Waals surface area contributed by atoms with Crippen LogP contribution in [0.4, 0.5) is 5.69 Å². The zero-order valence-electron chi connectivity index (χ0n) is 21.8. The van der Waals surface area contributed by atoms with Crippen molar-refractivity contribution in [3.8, 4) is 23.0 Å². The molecule has 0 spiro atoms. The number of aliphatic hydroxyl groups is 1. The van der Waals surface area contributed by atoms with E-state index in [0.717, 1.165) is 37.0 Å². The Kier molecular flexibility index (Phi) is 10.2. The number of ether oxygens (including phenoxy) is 3. The van der Waals surface area contributed by atoms with Crippen molar-refractivity contribution >= 4 is 15.7 Å². The summed E-state index contributed by atoms with van der Waals surface area (Å²) < 4.78 is 41.4. The molecule has 0 radical (unpaired) electrons. The van der Waals surface area contributed by atoms with Crippen LogP contribution in [0.1, 0.15) is 42.7 Å². The van der Waals surface area contributed by atoms with Crippen molar-refractivity contribution in [2.75, 3.05) is 25.2 Å². The number of benzene rings is 3. The Morgan fingerprint density at radius 1 is 0.842 bits per heavy atom. The Morgan fingerprint density at radius 2 is 1.34 bits per heavy atom. The minimum atomic E-state index is -3.59. The Bertz CT molecular complexity index is 1220. The zero-order valence-corrected chi connectivity index (χ0v) is 22.6. The highest BCUT2D eigenvalue weighted by molar-refractivity contribution is 7.92. The van der Waals surface area contributed by atoms with Crippen LogP contribution in [0.5, 0.6) is 23.0 Å². The number of phenols is 1. The molecule has 0 fully saturated rings. The van der Waals surface area contributed by atoms with Gasteiger partial charge in [-0.1, -0.05) is 37.1 Å². The summed E-state index contributed by atoms with van der Waals surface area (Å²) in [5, 5.41) is 20.4. The van der Waals surface area contributed by atoms with Crippen molar-refractivity contribution in [3.05, 3.63) is 77.9 Å². The molecule has 0 aliphatic rings. The van der Waals surface area contributed by atoms with Crippen LogP contribution in [0.2, 0.25) is 0 Å². The highest BCUT2D eigenvalue weighted by atomic mass is 32.2. The summed E-state index contributed by atoms with van der Waals surface area (Å²) in [5.74, 6) is 1.73. The highest BCUT2D eigenvalue weighted by Crippen LogP contribution is 2.33. The molecule has 5 N–H and O–H groups in total. The lowest BCUT2D eigenvalue weighted by molar-refractivity contribution is 0.0330. The third kappa shape index (κ3) is 8.54.